The van der Waals surface area contributed by atoms with Gasteiger partial charge in [-0.25, -0.2) is 0 Å². The van der Waals surface area contributed by atoms with Gasteiger partial charge in [0.2, 0.25) is 5.91 Å². The maximum Gasteiger partial charge on any atom is 0.221 e. The van der Waals surface area contributed by atoms with Gasteiger partial charge in [0.05, 0.1) is 0 Å². The Morgan fingerprint density at radius 1 is 1.53 bits per heavy atom. The van der Waals surface area contributed by atoms with E-state index in [1.165, 1.54) is 19.3 Å². The smallest absolute Gasteiger partial charge is 0.221 e. The molecule has 1 fully saturated rings. The normalized spacial score (nSPS) is 20.5. The first-order chi connectivity index (χ1) is 7.13. The molecular formula is C12H24N2O. The lowest BCUT2D eigenvalue weighted by molar-refractivity contribution is -0.122. The summed E-state index contributed by atoms with van der Waals surface area (Å²) in [5.74, 6) is 0.826. The summed E-state index contributed by atoms with van der Waals surface area (Å²) in [4.78, 5) is 11.6. The zero-order chi connectivity index (χ0) is 11.3. The van der Waals surface area contributed by atoms with Crippen molar-refractivity contribution in [3.05, 3.63) is 0 Å². The molecule has 1 aliphatic carbocycles. The fraction of sp³-hybridized carbons (Fsp3) is 0.917. The third-order valence-corrected chi connectivity index (χ3v) is 3.35. The van der Waals surface area contributed by atoms with E-state index in [1.54, 1.807) is 0 Å². The van der Waals surface area contributed by atoms with Crippen LogP contribution >= 0.6 is 0 Å². The summed E-state index contributed by atoms with van der Waals surface area (Å²) in [6.07, 6.45) is 6.31. The number of hydrogen-bond donors (Lipinski definition) is 2. The third kappa shape index (κ3) is 4.20. The van der Waals surface area contributed by atoms with Crippen LogP contribution in [0.1, 0.15) is 52.4 Å². The second-order valence-electron chi connectivity index (χ2n) is 4.80. The molecule has 0 aromatic rings. The quantitative estimate of drug-likeness (QED) is 0.705. The molecule has 2 unspecified atom stereocenters. The summed E-state index contributed by atoms with van der Waals surface area (Å²) in [6.45, 7) is 4.20. The second-order valence-corrected chi connectivity index (χ2v) is 4.80. The summed E-state index contributed by atoms with van der Waals surface area (Å²) in [5, 5.41) is 3.05. The van der Waals surface area contributed by atoms with E-state index in [1.807, 2.05) is 0 Å². The van der Waals surface area contributed by atoms with Gasteiger partial charge >= 0.3 is 0 Å². The van der Waals surface area contributed by atoms with Gasteiger partial charge in [-0.1, -0.05) is 19.8 Å². The van der Waals surface area contributed by atoms with E-state index < -0.39 is 0 Å². The predicted molar refractivity (Wildman–Crippen MR) is 62.4 cm³/mol. The molecule has 88 valence electrons. The summed E-state index contributed by atoms with van der Waals surface area (Å²) in [6, 6.07) is 0.365. The van der Waals surface area contributed by atoms with Crippen LogP contribution in [0.3, 0.4) is 0 Å². The highest BCUT2D eigenvalue weighted by Crippen LogP contribution is 2.29. The Kier molecular flexibility index (Phi) is 5.09. The fourth-order valence-corrected chi connectivity index (χ4v) is 2.08. The van der Waals surface area contributed by atoms with E-state index in [-0.39, 0.29) is 11.9 Å². The van der Waals surface area contributed by atoms with Crippen molar-refractivity contribution < 1.29 is 4.79 Å². The first kappa shape index (κ1) is 12.5. The van der Waals surface area contributed by atoms with Crippen LogP contribution in [0.5, 0.6) is 0 Å². The van der Waals surface area contributed by atoms with Crippen molar-refractivity contribution in [1.29, 1.82) is 0 Å². The molecule has 1 aliphatic rings. The first-order valence-corrected chi connectivity index (χ1v) is 6.18. The lowest BCUT2D eigenvalue weighted by Crippen LogP contribution is -2.42. The highest BCUT2D eigenvalue weighted by atomic mass is 16.1. The summed E-state index contributed by atoms with van der Waals surface area (Å²) in [5.41, 5.74) is 5.82. The molecule has 0 spiro atoms. The number of carbonyl (C=O) groups excluding carboxylic acids is 1. The van der Waals surface area contributed by atoms with E-state index in [4.69, 9.17) is 5.73 Å². The molecule has 3 heteroatoms. The van der Waals surface area contributed by atoms with Gasteiger partial charge in [-0.3, -0.25) is 4.79 Å². The Balaban J connectivity index is 2.16. The second kappa shape index (κ2) is 6.11. The summed E-state index contributed by atoms with van der Waals surface area (Å²) in [7, 11) is 0. The highest BCUT2D eigenvalue weighted by Gasteiger charge is 2.25. The Morgan fingerprint density at radius 3 is 2.67 bits per heavy atom. The molecule has 0 radical (unpaired) electrons. The zero-order valence-electron chi connectivity index (χ0n) is 9.96. The molecule has 15 heavy (non-hydrogen) atoms. The van der Waals surface area contributed by atoms with Crippen LogP contribution in [0, 0.1) is 5.92 Å². The van der Waals surface area contributed by atoms with E-state index in [0.29, 0.717) is 18.4 Å². The van der Waals surface area contributed by atoms with Crippen LogP contribution in [-0.2, 0) is 4.79 Å². The van der Waals surface area contributed by atoms with E-state index in [2.05, 4.69) is 19.2 Å². The van der Waals surface area contributed by atoms with Crippen LogP contribution in [-0.4, -0.2) is 18.0 Å². The monoisotopic (exact) mass is 212 g/mol. The van der Waals surface area contributed by atoms with Gasteiger partial charge in [-0.15, -0.1) is 0 Å². The van der Waals surface area contributed by atoms with Crippen LogP contribution in [0.25, 0.3) is 0 Å². The van der Waals surface area contributed by atoms with Crippen molar-refractivity contribution in [3.63, 3.8) is 0 Å². The molecule has 1 saturated carbocycles. The third-order valence-electron chi connectivity index (χ3n) is 3.35. The molecule has 0 aromatic heterocycles. The molecule has 0 heterocycles. The minimum absolute atomic E-state index is 0.0311. The van der Waals surface area contributed by atoms with Crippen molar-refractivity contribution >= 4 is 5.91 Å². The predicted octanol–water partition coefficient (Wildman–Crippen LogP) is 1.81. The molecule has 0 aromatic carbocycles. The Morgan fingerprint density at radius 2 is 2.20 bits per heavy atom. The molecule has 1 amide bonds. The highest BCUT2D eigenvalue weighted by molar-refractivity contribution is 5.76. The first-order valence-electron chi connectivity index (χ1n) is 6.18. The lowest BCUT2D eigenvalue weighted by Gasteiger charge is -2.32. The van der Waals surface area contributed by atoms with Gasteiger partial charge in [-0.05, 0) is 32.1 Å². The summed E-state index contributed by atoms with van der Waals surface area (Å²) < 4.78 is 0. The minimum Gasteiger partial charge on any atom is -0.353 e. The number of carbonyl (C=O) groups is 1. The van der Waals surface area contributed by atoms with Crippen LogP contribution in [0.15, 0.2) is 0 Å². The van der Waals surface area contributed by atoms with Gasteiger partial charge < -0.3 is 11.1 Å². The Hall–Kier alpha value is -0.570. The van der Waals surface area contributed by atoms with Gasteiger partial charge in [0, 0.05) is 18.5 Å². The molecule has 2 atom stereocenters. The maximum atomic E-state index is 11.6. The van der Waals surface area contributed by atoms with Crippen molar-refractivity contribution in [2.45, 2.75) is 64.5 Å². The lowest BCUT2D eigenvalue weighted by atomic mass is 9.80. The number of nitrogens with two attached hydrogens (primary N) is 1. The average Bonchev–Trinajstić information content (AvgIpc) is 1.99. The molecule has 3 nitrogen and oxygen atoms in total. The molecule has 3 N–H and O–H groups in total. The average molecular weight is 212 g/mol. The van der Waals surface area contributed by atoms with Crippen molar-refractivity contribution in [1.82, 2.24) is 5.32 Å². The van der Waals surface area contributed by atoms with Crippen LogP contribution < -0.4 is 11.1 Å². The zero-order valence-corrected chi connectivity index (χ0v) is 9.96. The number of nitrogens with one attached hydrogen (secondary N) is 1. The number of hydrogen-bond acceptors (Lipinski definition) is 2. The van der Waals surface area contributed by atoms with Gasteiger partial charge in [0.15, 0.2) is 0 Å². The summed E-state index contributed by atoms with van der Waals surface area (Å²) >= 11 is 0. The fourth-order valence-electron chi connectivity index (χ4n) is 2.08. The van der Waals surface area contributed by atoms with Gasteiger partial charge in [-0.2, -0.15) is 0 Å². The van der Waals surface area contributed by atoms with Gasteiger partial charge in [0.1, 0.15) is 0 Å². The van der Waals surface area contributed by atoms with Crippen molar-refractivity contribution in [2.24, 2.45) is 11.7 Å². The number of rotatable bonds is 6. The minimum atomic E-state index is 0.0311. The standard InChI is InChI=1S/C12H24N2O/c1-3-5-11(13)8-12(15)14-9(2)10-6-4-7-10/h9-11H,3-8,13H2,1-2H3,(H,14,15). The Labute approximate surface area is 92.8 Å². The van der Waals surface area contributed by atoms with Crippen molar-refractivity contribution in [3.8, 4) is 0 Å². The topological polar surface area (TPSA) is 55.1 Å². The van der Waals surface area contributed by atoms with Crippen LogP contribution in [0.2, 0.25) is 0 Å². The van der Waals surface area contributed by atoms with E-state index in [9.17, 15) is 4.79 Å². The largest absolute Gasteiger partial charge is 0.353 e. The number of amides is 1. The SMILES string of the molecule is CCCC(N)CC(=O)NC(C)C1CCC1. The molecule has 0 bridgehead atoms. The molecule has 0 aliphatic heterocycles. The molecular weight excluding hydrogens is 188 g/mol. The van der Waals surface area contributed by atoms with Gasteiger partial charge in [0.25, 0.3) is 0 Å². The van der Waals surface area contributed by atoms with Crippen molar-refractivity contribution in [2.75, 3.05) is 0 Å². The Bertz CT molecular complexity index is 202. The maximum absolute atomic E-state index is 11.6. The van der Waals surface area contributed by atoms with Crippen LogP contribution in [0.4, 0.5) is 0 Å². The molecule has 1 rings (SSSR count). The van der Waals surface area contributed by atoms with E-state index >= 15 is 0 Å². The molecule has 0 saturated heterocycles. The van der Waals surface area contributed by atoms with E-state index in [0.717, 1.165) is 12.8 Å².